The summed E-state index contributed by atoms with van der Waals surface area (Å²) in [6, 6.07) is 16.4. The van der Waals surface area contributed by atoms with Crippen LogP contribution in [0.25, 0.3) is 0 Å². The summed E-state index contributed by atoms with van der Waals surface area (Å²) >= 11 is 7.91. The molecular formula is C15H16ClNS. The van der Waals surface area contributed by atoms with Crippen molar-refractivity contribution in [2.24, 2.45) is 5.73 Å². The number of thioether (sulfide) groups is 1. The molecule has 0 aliphatic heterocycles. The summed E-state index contributed by atoms with van der Waals surface area (Å²) in [5.74, 6) is 0.886. The summed E-state index contributed by atoms with van der Waals surface area (Å²) < 4.78 is 0. The Morgan fingerprint density at radius 1 is 1.11 bits per heavy atom. The van der Waals surface area contributed by atoms with Crippen LogP contribution < -0.4 is 5.73 Å². The molecule has 0 heterocycles. The first kappa shape index (κ1) is 13.5. The fourth-order valence-electron chi connectivity index (χ4n) is 1.64. The third kappa shape index (κ3) is 3.52. The van der Waals surface area contributed by atoms with Gasteiger partial charge in [-0.1, -0.05) is 41.9 Å². The topological polar surface area (TPSA) is 26.0 Å². The summed E-state index contributed by atoms with van der Waals surface area (Å²) in [7, 11) is 0. The highest BCUT2D eigenvalue weighted by Crippen LogP contribution is 2.27. The van der Waals surface area contributed by atoms with Crippen molar-refractivity contribution < 1.29 is 0 Å². The summed E-state index contributed by atoms with van der Waals surface area (Å²) in [6.45, 7) is 1.99. The largest absolute Gasteiger partial charge is 0.324 e. The van der Waals surface area contributed by atoms with E-state index in [0.717, 1.165) is 16.3 Å². The van der Waals surface area contributed by atoms with E-state index in [-0.39, 0.29) is 6.04 Å². The van der Waals surface area contributed by atoms with Crippen LogP contribution in [-0.4, -0.2) is 0 Å². The van der Waals surface area contributed by atoms with Gasteiger partial charge in [0.2, 0.25) is 0 Å². The van der Waals surface area contributed by atoms with Crippen LogP contribution >= 0.6 is 23.4 Å². The highest BCUT2D eigenvalue weighted by Gasteiger charge is 2.02. The van der Waals surface area contributed by atoms with Gasteiger partial charge in [0.1, 0.15) is 0 Å². The van der Waals surface area contributed by atoms with Gasteiger partial charge in [-0.2, -0.15) is 0 Å². The van der Waals surface area contributed by atoms with E-state index < -0.39 is 0 Å². The Morgan fingerprint density at radius 3 is 2.39 bits per heavy atom. The number of hydrogen-bond acceptors (Lipinski definition) is 2. The monoisotopic (exact) mass is 277 g/mol. The summed E-state index contributed by atoms with van der Waals surface area (Å²) in [6.07, 6.45) is 0. The van der Waals surface area contributed by atoms with E-state index in [1.807, 2.05) is 25.1 Å². The molecule has 0 amide bonds. The summed E-state index contributed by atoms with van der Waals surface area (Å²) in [5, 5.41) is 0.831. The molecule has 2 aromatic carbocycles. The van der Waals surface area contributed by atoms with Crippen LogP contribution in [0.4, 0.5) is 0 Å². The average Bonchev–Trinajstić information content (AvgIpc) is 2.38. The van der Waals surface area contributed by atoms with Gasteiger partial charge in [-0.15, -0.1) is 11.8 Å². The van der Waals surface area contributed by atoms with E-state index in [1.165, 1.54) is 10.5 Å². The quantitative estimate of drug-likeness (QED) is 0.823. The Labute approximate surface area is 117 Å². The van der Waals surface area contributed by atoms with Crippen LogP contribution in [0.15, 0.2) is 53.4 Å². The maximum atomic E-state index is 6.13. The average molecular weight is 278 g/mol. The van der Waals surface area contributed by atoms with Crippen molar-refractivity contribution in [2.45, 2.75) is 23.6 Å². The Kier molecular flexibility index (Phi) is 4.70. The predicted octanol–water partition coefficient (Wildman–Crippen LogP) is 4.65. The van der Waals surface area contributed by atoms with E-state index in [9.17, 15) is 0 Å². The van der Waals surface area contributed by atoms with Gasteiger partial charge in [0, 0.05) is 21.7 Å². The van der Waals surface area contributed by atoms with E-state index >= 15 is 0 Å². The minimum Gasteiger partial charge on any atom is -0.324 e. The van der Waals surface area contributed by atoms with Gasteiger partial charge < -0.3 is 5.73 Å². The molecule has 0 aliphatic carbocycles. The number of nitrogens with two attached hydrogens (primary N) is 1. The molecule has 2 aromatic rings. The number of halogens is 1. The first-order valence-electron chi connectivity index (χ1n) is 5.88. The fraction of sp³-hybridized carbons (Fsp3) is 0.200. The highest BCUT2D eigenvalue weighted by atomic mass is 35.5. The van der Waals surface area contributed by atoms with Crippen molar-refractivity contribution in [3.8, 4) is 0 Å². The standard InChI is InChI=1S/C15H16ClNS/c1-11(17)12-6-8-14(9-7-12)18-10-13-4-2-3-5-15(13)16/h2-9,11H,10,17H2,1H3. The second-order valence-corrected chi connectivity index (χ2v) is 5.69. The van der Waals surface area contributed by atoms with Crippen LogP contribution in [0.3, 0.4) is 0 Å². The third-order valence-corrected chi connectivity index (χ3v) is 4.19. The molecule has 18 heavy (non-hydrogen) atoms. The van der Waals surface area contributed by atoms with Gasteiger partial charge >= 0.3 is 0 Å². The molecule has 0 aromatic heterocycles. The molecule has 0 radical (unpaired) electrons. The molecule has 0 spiro atoms. The third-order valence-electron chi connectivity index (χ3n) is 2.76. The van der Waals surface area contributed by atoms with Crippen LogP contribution in [0.1, 0.15) is 24.1 Å². The molecule has 0 fully saturated rings. The van der Waals surface area contributed by atoms with Crippen molar-refractivity contribution in [3.05, 3.63) is 64.7 Å². The number of benzene rings is 2. The zero-order valence-corrected chi connectivity index (χ0v) is 11.8. The molecule has 1 nitrogen and oxygen atoms in total. The zero-order valence-electron chi connectivity index (χ0n) is 10.3. The minimum absolute atomic E-state index is 0.0904. The van der Waals surface area contributed by atoms with Crippen LogP contribution in [-0.2, 0) is 5.75 Å². The van der Waals surface area contributed by atoms with Gasteiger partial charge in [-0.25, -0.2) is 0 Å². The molecule has 0 bridgehead atoms. The van der Waals surface area contributed by atoms with Crippen LogP contribution in [0.2, 0.25) is 5.02 Å². The lowest BCUT2D eigenvalue weighted by Gasteiger charge is -2.07. The SMILES string of the molecule is CC(N)c1ccc(SCc2ccccc2Cl)cc1. The zero-order chi connectivity index (χ0) is 13.0. The second-order valence-electron chi connectivity index (χ2n) is 4.24. The Morgan fingerprint density at radius 2 is 1.78 bits per heavy atom. The lowest BCUT2D eigenvalue weighted by Crippen LogP contribution is -2.04. The van der Waals surface area contributed by atoms with Gasteiger partial charge in [-0.3, -0.25) is 0 Å². The fourth-order valence-corrected chi connectivity index (χ4v) is 2.83. The van der Waals surface area contributed by atoms with E-state index in [2.05, 4.69) is 30.3 Å². The van der Waals surface area contributed by atoms with Crippen molar-refractivity contribution >= 4 is 23.4 Å². The smallest absolute Gasteiger partial charge is 0.0446 e. The molecular weight excluding hydrogens is 262 g/mol. The van der Waals surface area contributed by atoms with E-state index in [1.54, 1.807) is 11.8 Å². The minimum atomic E-state index is 0.0904. The van der Waals surface area contributed by atoms with Gasteiger partial charge in [0.05, 0.1) is 0 Å². The Balaban J connectivity index is 2.00. The molecule has 3 heteroatoms. The summed E-state index contributed by atoms with van der Waals surface area (Å²) in [4.78, 5) is 1.24. The maximum Gasteiger partial charge on any atom is 0.0446 e. The van der Waals surface area contributed by atoms with Crippen LogP contribution in [0, 0.1) is 0 Å². The van der Waals surface area contributed by atoms with Crippen molar-refractivity contribution in [1.29, 1.82) is 0 Å². The molecule has 0 saturated carbocycles. The maximum absolute atomic E-state index is 6.13. The lowest BCUT2D eigenvalue weighted by atomic mass is 10.1. The number of hydrogen-bond donors (Lipinski definition) is 1. The molecule has 0 saturated heterocycles. The van der Waals surface area contributed by atoms with Crippen molar-refractivity contribution in [3.63, 3.8) is 0 Å². The first-order valence-corrected chi connectivity index (χ1v) is 7.25. The van der Waals surface area contributed by atoms with Gasteiger partial charge in [0.15, 0.2) is 0 Å². The van der Waals surface area contributed by atoms with Crippen molar-refractivity contribution in [2.75, 3.05) is 0 Å². The molecule has 1 unspecified atom stereocenters. The second kappa shape index (κ2) is 6.28. The lowest BCUT2D eigenvalue weighted by molar-refractivity contribution is 0.817. The van der Waals surface area contributed by atoms with Gasteiger partial charge in [-0.05, 0) is 36.2 Å². The summed E-state index contributed by atoms with van der Waals surface area (Å²) in [5.41, 5.74) is 8.16. The predicted molar refractivity (Wildman–Crippen MR) is 80.1 cm³/mol. The normalized spacial score (nSPS) is 12.4. The van der Waals surface area contributed by atoms with E-state index in [4.69, 9.17) is 17.3 Å². The Bertz CT molecular complexity index is 508. The van der Waals surface area contributed by atoms with Crippen LogP contribution in [0.5, 0.6) is 0 Å². The van der Waals surface area contributed by atoms with Gasteiger partial charge in [0.25, 0.3) is 0 Å². The van der Waals surface area contributed by atoms with E-state index in [0.29, 0.717) is 0 Å². The number of rotatable bonds is 4. The molecule has 0 aliphatic rings. The first-order chi connectivity index (χ1) is 8.66. The Hall–Kier alpha value is -0.960. The molecule has 1 atom stereocenters. The highest BCUT2D eigenvalue weighted by molar-refractivity contribution is 7.98. The molecule has 2 rings (SSSR count). The molecule has 2 N–H and O–H groups in total. The van der Waals surface area contributed by atoms with Crippen molar-refractivity contribution in [1.82, 2.24) is 0 Å². The molecule has 94 valence electrons.